The molecule has 0 spiro atoms. The van der Waals surface area contributed by atoms with Gasteiger partial charge in [-0.25, -0.2) is 0 Å². The first-order chi connectivity index (χ1) is 25.8. The molecular weight excluding hydrogens is 819 g/mol. The molecule has 0 aliphatic heterocycles. The van der Waals surface area contributed by atoms with Crippen LogP contribution in [-0.2, 0) is 32.7 Å². The quantitative estimate of drug-likeness (QED) is 0.122. The van der Waals surface area contributed by atoms with E-state index in [2.05, 4.69) is 197 Å². The SMILES string of the molecule is CC1=Cc2cccc([Si](C)(C)C3C=C(C(C)(C)C)c4ccccc43)c2C1.Cc1cc2cccc([Si](C)(C)[c-]3cc(C(C)(C)C)c4ccccc43)c2[cH-]1.[Cl][Zr][Cl]. The van der Waals surface area contributed by atoms with Gasteiger partial charge in [-0.2, -0.15) is 6.07 Å². The zero-order valence-electron chi connectivity index (χ0n) is 35.0. The van der Waals surface area contributed by atoms with E-state index in [9.17, 15) is 0 Å². The molecule has 1 atom stereocenters. The Bertz CT molecular complexity index is 2400. The Hall–Kier alpha value is -2.52. The minimum atomic E-state index is -1.83. The monoisotopic (exact) mass is 874 g/mol. The van der Waals surface area contributed by atoms with E-state index in [1.165, 1.54) is 54.9 Å². The van der Waals surface area contributed by atoms with Gasteiger partial charge < -0.3 is 0 Å². The van der Waals surface area contributed by atoms with E-state index in [0.29, 0.717) is 5.54 Å². The Morgan fingerprint density at radius 1 is 0.764 bits per heavy atom. The van der Waals surface area contributed by atoms with Crippen LogP contribution in [0.25, 0.3) is 33.2 Å². The van der Waals surface area contributed by atoms with E-state index in [0.717, 1.165) is 6.42 Å². The third-order valence-corrected chi connectivity index (χ3v) is 19.5. The molecule has 0 N–H and O–H groups in total. The third-order valence-electron chi connectivity index (χ3n) is 12.1. The van der Waals surface area contributed by atoms with E-state index in [-0.39, 0.29) is 10.8 Å². The second-order valence-electron chi connectivity index (χ2n) is 19.0. The fourth-order valence-electron chi connectivity index (χ4n) is 9.38. The Balaban J connectivity index is 0.000000175. The van der Waals surface area contributed by atoms with E-state index < -0.39 is 37.0 Å². The molecular formula is C50H58Cl2Si2Zr-2. The third kappa shape index (κ3) is 8.27. The van der Waals surface area contributed by atoms with Crippen molar-refractivity contribution >= 4 is 81.9 Å². The molecule has 6 aromatic rings. The predicted octanol–water partition coefficient (Wildman–Crippen LogP) is 13.6. The second kappa shape index (κ2) is 16.0. The van der Waals surface area contributed by atoms with Crippen LogP contribution in [-0.4, -0.2) is 16.1 Å². The number of rotatable bonds is 4. The van der Waals surface area contributed by atoms with Gasteiger partial charge in [0.1, 0.15) is 0 Å². The van der Waals surface area contributed by atoms with Crippen molar-refractivity contribution in [2.75, 3.05) is 0 Å². The van der Waals surface area contributed by atoms with Gasteiger partial charge in [0.15, 0.2) is 0 Å². The Morgan fingerprint density at radius 3 is 2.09 bits per heavy atom. The molecule has 0 nitrogen and oxygen atoms in total. The van der Waals surface area contributed by atoms with Crippen molar-refractivity contribution in [1.29, 1.82) is 0 Å². The molecule has 5 heteroatoms. The maximum absolute atomic E-state index is 4.93. The van der Waals surface area contributed by atoms with Gasteiger partial charge >= 0.3 is 37.9 Å². The number of aryl methyl sites for hydroxylation is 1. The summed E-state index contributed by atoms with van der Waals surface area (Å²) >= 11 is -0.826. The molecule has 2 aliphatic rings. The van der Waals surface area contributed by atoms with Gasteiger partial charge in [0.25, 0.3) is 0 Å². The number of fused-ring (bicyclic) bond motifs is 4. The number of hydrogen-bond acceptors (Lipinski definition) is 0. The summed E-state index contributed by atoms with van der Waals surface area (Å²) in [5.74, 6) is 0. The normalized spacial score (nSPS) is 15.4. The van der Waals surface area contributed by atoms with Gasteiger partial charge in [-0.1, -0.05) is 158 Å². The second-order valence-corrected chi connectivity index (χ2v) is 31.6. The van der Waals surface area contributed by atoms with Crippen molar-refractivity contribution < 1.29 is 20.8 Å². The van der Waals surface area contributed by atoms with Crippen LogP contribution in [0.1, 0.15) is 87.4 Å². The molecule has 0 amide bonds. The molecule has 286 valence electrons. The van der Waals surface area contributed by atoms with Crippen molar-refractivity contribution in [3.05, 3.63) is 148 Å². The van der Waals surface area contributed by atoms with Crippen molar-refractivity contribution in [3.63, 3.8) is 0 Å². The maximum atomic E-state index is 4.93. The molecule has 0 heterocycles. The number of hydrogen-bond donors (Lipinski definition) is 0. The van der Waals surface area contributed by atoms with Crippen molar-refractivity contribution in [2.45, 2.75) is 99.0 Å². The van der Waals surface area contributed by atoms with Crippen molar-refractivity contribution in [3.8, 4) is 0 Å². The van der Waals surface area contributed by atoms with Gasteiger partial charge in [-0.15, -0.1) is 85.5 Å². The topological polar surface area (TPSA) is 0 Å². The average Bonchev–Trinajstić information content (AvgIpc) is 3.89. The van der Waals surface area contributed by atoms with Crippen LogP contribution in [0.15, 0.2) is 115 Å². The molecule has 8 rings (SSSR count). The van der Waals surface area contributed by atoms with Crippen LogP contribution in [0.5, 0.6) is 0 Å². The van der Waals surface area contributed by atoms with Gasteiger partial charge in [0, 0.05) is 13.6 Å². The van der Waals surface area contributed by atoms with Crippen LogP contribution in [0.2, 0.25) is 26.2 Å². The number of benzene rings is 4. The van der Waals surface area contributed by atoms with Crippen molar-refractivity contribution in [2.24, 2.45) is 5.41 Å². The average molecular weight is 877 g/mol. The minimum absolute atomic E-state index is 0.158. The molecule has 0 aromatic heterocycles. The molecule has 55 heavy (non-hydrogen) atoms. The van der Waals surface area contributed by atoms with Gasteiger partial charge in [-0.3, -0.25) is 0 Å². The zero-order valence-corrected chi connectivity index (χ0v) is 41.0. The fraction of sp³-hybridized carbons (Fsp3) is 0.320. The molecule has 0 bridgehead atoms. The number of halogens is 2. The van der Waals surface area contributed by atoms with Gasteiger partial charge in [0.05, 0.1) is 8.07 Å². The standard InChI is InChI=1S/C25H30Si.C25H28Si.2ClH.Zr/c2*1-17-14-18-10-9-13-23(21(18)15-17)26(5,6)24-16-22(25(2,3)4)19-11-7-8-12-20(19)24;;;/h7-14,16,24H,15H2,1-6H3;7-16H,1-6H3;2*1H;/q;-2;;;+2/p-2. The fourth-order valence-corrected chi connectivity index (χ4v) is 16.0. The Kier molecular flexibility index (Phi) is 12.3. The van der Waals surface area contributed by atoms with E-state index in [1.807, 2.05) is 0 Å². The van der Waals surface area contributed by atoms with Gasteiger partial charge in [0.2, 0.25) is 0 Å². The summed E-state index contributed by atoms with van der Waals surface area (Å²) in [5.41, 5.74) is 12.8. The summed E-state index contributed by atoms with van der Waals surface area (Å²) in [4.78, 5) is 0. The van der Waals surface area contributed by atoms with Crippen LogP contribution in [0, 0.1) is 12.3 Å². The zero-order chi connectivity index (χ0) is 40.1. The van der Waals surface area contributed by atoms with Crippen molar-refractivity contribution in [1.82, 2.24) is 0 Å². The summed E-state index contributed by atoms with van der Waals surface area (Å²) in [6, 6.07) is 39.2. The molecule has 0 saturated carbocycles. The summed E-state index contributed by atoms with van der Waals surface area (Å²) in [7, 11) is 6.32. The summed E-state index contributed by atoms with van der Waals surface area (Å²) in [5, 5.41) is 10.5. The molecule has 0 saturated heterocycles. The summed E-state index contributed by atoms with van der Waals surface area (Å²) in [6.07, 6.45) is 6.12. The predicted molar refractivity (Wildman–Crippen MR) is 249 cm³/mol. The van der Waals surface area contributed by atoms with Crippen LogP contribution in [0.3, 0.4) is 0 Å². The Labute approximate surface area is 352 Å². The van der Waals surface area contributed by atoms with Gasteiger partial charge in [-0.05, 0) is 46.6 Å². The first-order valence-corrected chi connectivity index (χ1v) is 32.1. The molecule has 1 unspecified atom stereocenters. The van der Waals surface area contributed by atoms with Crippen LogP contribution < -0.4 is 15.6 Å². The molecule has 0 fully saturated rings. The first-order valence-electron chi connectivity index (χ1n) is 19.7. The first kappa shape index (κ1) is 42.1. The molecule has 2 aliphatic carbocycles. The summed E-state index contributed by atoms with van der Waals surface area (Å²) in [6.45, 7) is 28.7. The Morgan fingerprint density at radius 2 is 1.40 bits per heavy atom. The summed E-state index contributed by atoms with van der Waals surface area (Å²) < 4.78 is 0. The van der Waals surface area contributed by atoms with Crippen LogP contribution in [0.4, 0.5) is 0 Å². The number of allylic oxidation sites excluding steroid dienone is 3. The van der Waals surface area contributed by atoms with E-state index in [1.54, 1.807) is 26.7 Å². The molecule has 0 radical (unpaired) electrons. The van der Waals surface area contributed by atoms with Crippen LogP contribution >= 0.6 is 17.0 Å². The van der Waals surface area contributed by atoms with E-state index in [4.69, 9.17) is 17.0 Å². The van der Waals surface area contributed by atoms with E-state index >= 15 is 0 Å². The molecule has 6 aromatic carbocycles.